The van der Waals surface area contributed by atoms with E-state index in [1.165, 1.54) is 0 Å². The van der Waals surface area contributed by atoms with Crippen LogP contribution in [-0.4, -0.2) is 18.6 Å². The van der Waals surface area contributed by atoms with E-state index in [0.717, 1.165) is 24.8 Å². The Morgan fingerprint density at radius 1 is 1.47 bits per heavy atom. The number of hydrogen-bond acceptors (Lipinski definition) is 3. The second-order valence-corrected chi connectivity index (χ2v) is 5.34. The van der Waals surface area contributed by atoms with Crippen LogP contribution < -0.4 is 11.1 Å². The summed E-state index contributed by atoms with van der Waals surface area (Å²) in [6, 6.07) is 7.53. The Labute approximate surface area is 114 Å². The monoisotopic (exact) mass is 262 g/mol. The third kappa shape index (κ3) is 3.07. The van der Waals surface area contributed by atoms with Gasteiger partial charge < -0.3 is 15.8 Å². The highest BCUT2D eigenvalue weighted by Gasteiger charge is 2.39. The molecule has 0 aromatic heterocycles. The summed E-state index contributed by atoms with van der Waals surface area (Å²) >= 11 is 0. The van der Waals surface area contributed by atoms with E-state index < -0.39 is 0 Å². The van der Waals surface area contributed by atoms with Crippen LogP contribution in [0.4, 0.5) is 5.69 Å². The van der Waals surface area contributed by atoms with Gasteiger partial charge in [0, 0.05) is 12.8 Å². The average Bonchev–Trinajstić information content (AvgIpc) is 2.34. The van der Waals surface area contributed by atoms with Crippen molar-refractivity contribution in [3.63, 3.8) is 0 Å². The van der Waals surface area contributed by atoms with E-state index in [1.807, 2.05) is 31.2 Å². The first-order valence-electron chi connectivity index (χ1n) is 6.75. The van der Waals surface area contributed by atoms with Gasteiger partial charge in [0.1, 0.15) is 0 Å². The van der Waals surface area contributed by atoms with Crippen LogP contribution in [0.3, 0.4) is 0 Å². The number of methoxy groups -OCH3 is 1. The van der Waals surface area contributed by atoms with Crippen molar-refractivity contribution in [1.29, 1.82) is 0 Å². The summed E-state index contributed by atoms with van der Waals surface area (Å²) in [4.78, 5) is 12.1. The van der Waals surface area contributed by atoms with Crippen LogP contribution in [0.1, 0.15) is 44.2 Å². The second-order valence-electron chi connectivity index (χ2n) is 5.34. The first-order valence-corrected chi connectivity index (χ1v) is 6.75. The molecule has 4 heteroatoms. The average molecular weight is 262 g/mol. The fraction of sp³-hybridized carbons (Fsp3) is 0.533. The third-order valence-electron chi connectivity index (χ3n) is 4.02. The van der Waals surface area contributed by atoms with E-state index in [0.29, 0.717) is 12.1 Å². The lowest BCUT2D eigenvalue weighted by atomic mass is 9.77. The number of carbonyl (C=O) groups is 1. The zero-order valence-electron chi connectivity index (χ0n) is 11.6. The van der Waals surface area contributed by atoms with Crippen molar-refractivity contribution in [2.75, 3.05) is 12.8 Å². The lowest BCUT2D eigenvalue weighted by molar-refractivity contribution is -0.134. The van der Waals surface area contributed by atoms with Gasteiger partial charge in [0.15, 0.2) is 0 Å². The molecule has 0 saturated heterocycles. The van der Waals surface area contributed by atoms with Crippen molar-refractivity contribution in [2.45, 2.75) is 44.2 Å². The summed E-state index contributed by atoms with van der Waals surface area (Å²) in [6.07, 6.45) is 3.51. The first-order chi connectivity index (χ1) is 9.06. The van der Waals surface area contributed by atoms with Crippen molar-refractivity contribution in [1.82, 2.24) is 5.32 Å². The highest BCUT2D eigenvalue weighted by atomic mass is 16.5. The minimum Gasteiger partial charge on any atom is -0.398 e. The Balaban J connectivity index is 1.94. The molecule has 4 nitrogen and oxygen atoms in total. The van der Waals surface area contributed by atoms with Crippen LogP contribution in [0.15, 0.2) is 24.3 Å². The van der Waals surface area contributed by atoms with E-state index >= 15 is 0 Å². The molecule has 0 heterocycles. The maximum Gasteiger partial charge on any atom is 0.223 e. The molecule has 1 saturated carbocycles. The predicted molar refractivity (Wildman–Crippen MR) is 75.6 cm³/mol. The van der Waals surface area contributed by atoms with Crippen molar-refractivity contribution >= 4 is 11.6 Å². The zero-order valence-corrected chi connectivity index (χ0v) is 11.6. The topological polar surface area (TPSA) is 64.3 Å². The standard InChI is InChI=1S/C15H22N2O2/c1-11(12-6-3-4-7-13(12)16)17-14(18)10-15(19-2)8-5-9-15/h3-4,6-7,11H,5,8-10,16H2,1-2H3,(H,17,18). The highest BCUT2D eigenvalue weighted by Crippen LogP contribution is 2.38. The molecule has 0 aliphatic heterocycles. The van der Waals surface area contributed by atoms with E-state index in [1.54, 1.807) is 7.11 Å². The van der Waals surface area contributed by atoms with Crippen molar-refractivity contribution in [3.8, 4) is 0 Å². The van der Waals surface area contributed by atoms with Gasteiger partial charge in [0.2, 0.25) is 5.91 Å². The molecule has 1 fully saturated rings. The number of anilines is 1. The minimum absolute atomic E-state index is 0.0253. The maximum absolute atomic E-state index is 12.1. The van der Waals surface area contributed by atoms with Crippen LogP contribution in [-0.2, 0) is 9.53 Å². The maximum atomic E-state index is 12.1. The molecule has 1 aromatic rings. The van der Waals surface area contributed by atoms with Gasteiger partial charge in [0.05, 0.1) is 18.1 Å². The first kappa shape index (κ1) is 13.9. The number of benzene rings is 1. The third-order valence-corrected chi connectivity index (χ3v) is 4.02. The summed E-state index contributed by atoms with van der Waals surface area (Å²) in [7, 11) is 1.69. The summed E-state index contributed by atoms with van der Waals surface area (Å²) in [6.45, 7) is 1.95. The molecule has 1 atom stereocenters. The fourth-order valence-electron chi connectivity index (χ4n) is 2.59. The van der Waals surface area contributed by atoms with Crippen LogP contribution in [0.2, 0.25) is 0 Å². The van der Waals surface area contributed by atoms with E-state index in [2.05, 4.69) is 5.32 Å². The SMILES string of the molecule is COC1(CC(=O)NC(C)c2ccccc2N)CCC1. The molecule has 104 valence electrons. The van der Waals surface area contributed by atoms with Gasteiger partial charge in [-0.25, -0.2) is 0 Å². The Morgan fingerprint density at radius 3 is 2.68 bits per heavy atom. The Bertz CT molecular complexity index is 450. The minimum atomic E-state index is -0.230. The molecular formula is C15H22N2O2. The number of ether oxygens (including phenoxy) is 1. The van der Waals surface area contributed by atoms with Gasteiger partial charge in [0.25, 0.3) is 0 Å². The Hall–Kier alpha value is -1.55. The molecule has 19 heavy (non-hydrogen) atoms. The van der Waals surface area contributed by atoms with Gasteiger partial charge in [-0.2, -0.15) is 0 Å². The lowest BCUT2D eigenvalue weighted by Crippen LogP contribution is -2.44. The smallest absolute Gasteiger partial charge is 0.223 e. The van der Waals surface area contributed by atoms with Crippen LogP contribution in [0, 0.1) is 0 Å². The van der Waals surface area contributed by atoms with Gasteiger partial charge in [-0.05, 0) is 37.8 Å². The molecule has 2 rings (SSSR count). The zero-order chi connectivity index (χ0) is 13.9. The molecule has 1 aromatic carbocycles. The molecular weight excluding hydrogens is 240 g/mol. The number of rotatable bonds is 5. The Kier molecular flexibility index (Phi) is 4.10. The van der Waals surface area contributed by atoms with Gasteiger partial charge in [-0.15, -0.1) is 0 Å². The number of hydrogen-bond donors (Lipinski definition) is 2. The summed E-state index contributed by atoms with van der Waals surface area (Å²) in [5, 5.41) is 3.00. The van der Waals surface area contributed by atoms with E-state index in [9.17, 15) is 4.79 Å². The van der Waals surface area contributed by atoms with Gasteiger partial charge in [-0.3, -0.25) is 4.79 Å². The van der Waals surface area contributed by atoms with Crippen LogP contribution >= 0.6 is 0 Å². The van der Waals surface area contributed by atoms with Crippen molar-refractivity contribution in [3.05, 3.63) is 29.8 Å². The predicted octanol–water partition coefficient (Wildman–Crippen LogP) is 2.41. The fourth-order valence-corrected chi connectivity index (χ4v) is 2.59. The van der Waals surface area contributed by atoms with Crippen LogP contribution in [0.5, 0.6) is 0 Å². The molecule has 0 bridgehead atoms. The van der Waals surface area contributed by atoms with E-state index in [4.69, 9.17) is 10.5 Å². The number of nitrogens with one attached hydrogen (secondary N) is 1. The molecule has 1 amide bonds. The Morgan fingerprint density at radius 2 is 2.16 bits per heavy atom. The number of nitrogens with two attached hydrogens (primary N) is 1. The highest BCUT2D eigenvalue weighted by molar-refractivity contribution is 5.78. The van der Waals surface area contributed by atoms with Gasteiger partial charge in [-0.1, -0.05) is 18.2 Å². The molecule has 1 unspecified atom stereocenters. The van der Waals surface area contributed by atoms with Crippen molar-refractivity contribution in [2.24, 2.45) is 0 Å². The largest absolute Gasteiger partial charge is 0.398 e. The van der Waals surface area contributed by atoms with Crippen LogP contribution in [0.25, 0.3) is 0 Å². The number of amides is 1. The van der Waals surface area contributed by atoms with E-state index in [-0.39, 0.29) is 17.6 Å². The second kappa shape index (κ2) is 5.61. The summed E-state index contributed by atoms with van der Waals surface area (Å²) in [5.41, 5.74) is 7.35. The molecule has 1 aliphatic carbocycles. The quantitative estimate of drug-likeness (QED) is 0.801. The van der Waals surface area contributed by atoms with Crippen molar-refractivity contribution < 1.29 is 9.53 Å². The molecule has 3 N–H and O–H groups in total. The number of carbonyl (C=O) groups excluding carboxylic acids is 1. The molecule has 1 aliphatic rings. The summed E-state index contributed by atoms with van der Waals surface area (Å²) < 4.78 is 5.47. The summed E-state index contributed by atoms with van der Waals surface area (Å²) in [5.74, 6) is 0.0253. The lowest BCUT2D eigenvalue weighted by Gasteiger charge is -2.40. The molecule has 0 radical (unpaired) electrons. The number of nitrogen functional groups attached to an aromatic ring is 1. The molecule has 0 spiro atoms. The normalized spacial score (nSPS) is 18.4. The number of para-hydroxylation sites is 1. The van der Waals surface area contributed by atoms with Gasteiger partial charge >= 0.3 is 0 Å².